The molecule has 2 rings (SSSR count). The predicted octanol–water partition coefficient (Wildman–Crippen LogP) is 3.34. The van der Waals surface area contributed by atoms with Crippen LogP contribution in [-0.2, 0) is 4.79 Å². The average molecular weight is 280 g/mol. The number of rotatable bonds is 9. The molecule has 1 aliphatic heterocycles. The molecule has 3 heteroatoms. The molecular formula is C17H32N2O. The fourth-order valence-corrected chi connectivity index (χ4v) is 3.10. The summed E-state index contributed by atoms with van der Waals surface area (Å²) in [6.45, 7) is 5.38. The van der Waals surface area contributed by atoms with Crippen molar-refractivity contribution < 1.29 is 4.79 Å². The van der Waals surface area contributed by atoms with Crippen LogP contribution >= 0.6 is 0 Å². The molecule has 0 unspecified atom stereocenters. The summed E-state index contributed by atoms with van der Waals surface area (Å²) in [6.07, 6.45) is 12.8. The van der Waals surface area contributed by atoms with E-state index in [1.807, 2.05) is 0 Å². The second kappa shape index (κ2) is 8.66. The van der Waals surface area contributed by atoms with Gasteiger partial charge in [-0.25, -0.2) is 0 Å². The van der Waals surface area contributed by atoms with Crippen LogP contribution in [0.5, 0.6) is 0 Å². The van der Waals surface area contributed by atoms with Crippen molar-refractivity contribution in [2.75, 3.05) is 19.6 Å². The van der Waals surface area contributed by atoms with Crippen LogP contribution in [0.4, 0.5) is 0 Å². The normalized spacial score (nSPS) is 20.4. The number of unbranched alkanes of at least 4 members (excludes halogenated alkanes) is 5. The number of piperidine rings is 1. The van der Waals surface area contributed by atoms with E-state index in [-0.39, 0.29) is 0 Å². The van der Waals surface area contributed by atoms with Crippen molar-refractivity contribution in [1.29, 1.82) is 0 Å². The van der Waals surface area contributed by atoms with Crippen molar-refractivity contribution in [1.82, 2.24) is 10.2 Å². The summed E-state index contributed by atoms with van der Waals surface area (Å²) in [5.41, 5.74) is 0. The third kappa shape index (κ3) is 5.43. The van der Waals surface area contributed by atoms with Crippen molar-refractivity contribution in [2.45, 2.75) is 77.2 Å². The van der Waals surface area contributed by atoms with E-state index in [1.54, 1.807) is 0 Å². The molecule has 0 aromatic carbocycles. The van der Waals surface area contributed by atoms with Gasteiger partial charge in [-0.15, -0.1) is 0 Å². The van der Waals surface area contributed by atoms with E-state index in [1.165, 1.54) is 38.5 Å². The standard InChI is InChI=1S/C17H32N2O/c1-2-3-4-5-6-7-12-18-16-10-13-19(14-11-16)17(20)15-8-9-15/h15-16,18H,2-14H2,1H3. The van der Waals surface area contributed by atoms with Gasteiger partial charge in [0.1, 0.15) is 0 Å². The number of nitrogens with zero attached hydrogens (tertiary/aromatic N) is 1. The topological polar surface area (TPSA) is 32.3 Å². The Morgan fingerprint density at radius 1 is 1.00 bits per heavy atom. The molecule has 1 heterocycles. The highest BCUT2D eigenvalue weighted by molar-refractivity contribution is 5.81. The van der Waals surface area contributed by atoms with Crippen LogP contribution in [0.15, 0.2) is 0 Å². The highest BCUT2D eigenvalue weighted by Gasteiger charge is 2.34. The number of likely N-dealkylation sites (tertiary alicyclic amines) is 1. The van der Waals surface area contributed by atoms with E-state index in [0.29, 0.717) is 17.9 Å². The Morgan fingerprint density at radius 2 is 1.65 bits per heavy atom. The summed E-state index contributed by atoms with van der Waals surface area (Å²) in [5, 5.41) is 3.68. The second-order valence-electron chi connectivity index (χ2n) is 6.60. The van der Waals surface area contributed by atoms with Gasteiger partial charge in [-0.3, -0.25) is 4.79 Å². The van der Waals surface area contributed by atoms with Gasteiger partial charge in [-0.2, -0.15) is 0 Å². The maximum absolute atomic E-state index is 12.0. The third-order valence-corrected chi connectivity index (χ3v) is 4.70. The van der Waals surface area contributed by atoms with E-state index in [0.717, 1.165) is 45.3 Å². The van der Waals surface area contributed by atoms with Crippen LogP contribution in [0.25, 0.3) is 0 Å². The smallest absolute Gasteiger partial charge is 0.225 e. The molecule has 0 aromatic heterocycles. The summed E-state index contributed by atoms with van der Waals surface area (Å²) in [6, 6.07) is 0.647. The maximum Gasteiger partial charge on any atom is 0.225 e. The van der Waals surface area contributed by atoms with Crippen LogP contribution in [0.1, 0.15) is 71.1 Å². The maximum atomic E-state index is 12.0. The van der Waals surface area contributed by atoms with Crippen LogP contribution in [0.2, 0.25) is 0 Å². The van der Waals surface area contributed by atoms with E-state index >= 15 is 0 Å². The first-order valence-electron chi connectivity index (χ1n) is 8.83. The zero-order valence-electron chi connectivity index (χ0n) is 13.2. The zero-order valence-corrected chi connectivity index (χ0v) is 13.2. The average Bonchev–Trinajstić information content (AvgIpc) is 3.31. The highest BCUT2D eigenvalue weighted by atomic mass is 16.2. The number of carbonyl (C=O) groups is 1. The minimum atomic E-state index is 0.391. The molecule has 2 fully saturated rings. The Bertz CT molecular complexity index is 281. The Labute approximate surface area is 124 Å². The molecule has 116 valence electrons. The summed E-state index contributed by atoms with van der Waals surface area (Å²) in [5.74, 6) is 0.821. The summed E-state index contributed by atoms with van der Waals surface area (Å²) >= 11 is 0. The predicted molar refractivity (Wildman–Crippen MR) is 83.7 cm³/mol. The Kier molecular flexibility index (Phi) is 6.85. The molecule has 1 N–H and O–H groups in total. The van der Waals surface area contributed by atoms with Gasteiger partial charge in [0.25, 0.3) is 0 Å². The van der Waals surface area contributed by atoms with Gasteiger partial charge in [0.15, 0.2) is 0 Å². The summed E-state index contributed by atoms with van der Waals surface area (Å²) in [7, 11) is 0. The molecule has 1 saturated heterocycles. The molecule has 1 saturated carbocycles. The van der Waals surface area contributed by atoms with Gasteiger partial charge < -0.3 is 10.2 Å². The van der Waals surface area contributed by atoms with Gasteiger partial charge >= 0.3 is 0 Å². The first kappa shape index (κ1) is 15.8. The van der Waals surface area contributed by atoms with Gasteiger partial charge in [0.05, 0.1) is 0 Å². The molecule has 3 nitrogen and oxygen atoms in total. The number of carbonyl (C=O) groups excluding carboxylic acids is 1. The summed E-state index contributed by atoms with van der Waals surface area (Å²) in [4.78, 5) is 14.1. The lowest BCUT2D eigenvalue weighted by Gasteiger charge is -2.32. The van der Waals surface area contributed by atoms with Crippen LogP contribution in [-0.4, -0.2) is 36.5 Å². The van der Waals surface area contributed by atoms with Crippen LogP contribution < -0.4 is 5.32 Å². The van der Waals surface area contributed by atoms with E-state index in [2.05, 4.69) is 17.1 Å². The lowest BCUT2D eigenvalue weighted by Crippen LogP contribution is -2.45. The monoisotopic (exact) mass is 280 g/mol. The van der Waals surface area contributed by atoms with Crippen LogP contribution in [0.3, 0.4) is 0 Å². The largest absolute Gasteiger partial charge is 0.342 e. The summed E-state index contributed by atoms with van der Waals surface area (Å²) < 4.78 is 0. The fourth-order valence-electron chi connectivity index (χ4n) is 3.10. The third-order valence-electron chi connectivity index (χ3n) is 4.70. The quantitative estimate of drug-likeness (QED) is 0.657. The van der Waals surface area contributed by atoms with Crippen molar-refractivity contribution in [3.63, 3.8) is 0 Å². The van der Waals surface area contributed by atoms with Crippen molar-refractivity contribution in [3.8, 4) is 0 Å². The number of nitrogens with one attached hydrogen (secondary N) is 1. The Hall–Kier alpha value is -0.570. The molecule has 0 atom stereocenters. The Morgan fingerprint density at radius 3 is 2.30 bits per heavy atom. The minimum absolute atomic E-state index is 0.391. The number of hydrogen-bond acceptors (Lipinski definition) is 2. The molecule has 1 amide bonds. The minimum Gasteiger partial charge on any atom is -0.342 e. The molecule has 2 aliphatic rings. The van der Waals surface area contributed by atoms with E-state index < -0.39 is 0 Å². The van der Waals surface area contributed by atoms with Crippen molar-refractivity contribution in [2.24, 2.45) is 5.92 Å². The molecular weight excluding hydrogens is 248 g/mol. The fraction of sp³-hybridized carbons (Fsp3) is 0.941. The van der Waals surface area contributed by atoms with Gasteiger partial charge in [-0.05, 0) is 38.6 Å². The molecule has 0 radical (unpaired) electrons. The second-order valence-corrected chi connectivity index (χ2v) is 6.60. The van der Waals surface area contributed by atoms with Gasteiger partial charge in [-0.1, -0.05) is 39.0 Å². The molecule has 1 aliphatic carbocycles. The van der Waals surface area contributed by atoms with E-state index in [9.17, 15) is 4.79 Å². The lowest BCUT2D eigenvalue weighted by molar-refractivity contribution is -0.133. The highest BCUT2D eigenvalue weighted by Crippen LogP contribution is 2.31. The first-order chi connectivity index (χ1) is 9.81. The Balaban J connectivity index is 1.46. The number of hydrogen-bond donors (Lipinski definition) is 1. The first-order valence-corrected chi connectivity index (χ1v) is 8.83. The van der Waals surface area contributed by atoms with Crippen molar-refractivity contribution >= 4 is 5.91 Å². The SMILES string of the molecule is CCCCCCCCNC1CCN(C(=O)C2CC2)CC1. The van der Waals surface area contributed by atoms with Gasteiger partial charge in [0, 0.05) is 25.0 Å². The van der Waals surface area contributed by atoms with E-state index in [4.69, 9.17) is 0 Å². The van der Waals surface area contributed by atoms with Crippen molar-refractivity contribution in [3.05, 3.63) is 0 Å². The molecule has 0 aromatic rings. The molecule has 0 spiro atoms. The lowest BCUT2D eigenvalue weighted by atomic mass is 10.0. The molecule has 20 heavy (non-hydrogen) atoms. The van der Waals surface area contributed by atoms with Gasteiger partial charge in [0.2, 0.25) is 5.91 Å². The van der Waals surface area contributed by atoms with Crippen LogP contribution in [0, 0.1) is 5.92 Å². The number of amides is 1. The zero-order chi connectivity index (χ0) is 14.2. The molecule has 0 bridgehead atoms.